The van der Waals surface area contributed by atoms with Crippen molar-refractivity contribution in [2.24, 2.45) is 11.8 Å². The Morgan fingerprint density at radius 2 is 2.06 bits per heavy atom. The van der Waals surface area contributed by atoms with Crippen molar-refractivity contribution < 1.29 is 18.0 Å². The van der Waals surface area contributed by atoms with Gasteiger partial charge in [-0.15, -0.1) is 11.3 Å². The van der Waals surface area contributed by atoms with Crippen LogP contribution < -0.4 is 4.72 Å². The van der Waals surface area contributed by atoms with E-state index in [9.17, 15) is 18.0 Å². The fraction of sp³-hybridized carbons (Fsp3) is 0.667. The van der Waals surface area contributed by atoms with Crippen molar-refractivity contribution in [3.8, 4) is 0 Å². The standard InChI is InChI=1S/C24H33ClN4O4S2/c1-16-4-2-9-27(16)14-21-19-12-17(19)13-29(21)23(30)15-28-10-3-5-20(24(28)31)26-35(32,33)11-8-18-6-7-22(25)34-18/h6-8,11,16-17,19-21,26H,2-5,9-10,12-15H2,1H3/b11-8+/t16?,17?,19?,20-,21?/m0/s1. The number of sulfonamides is 1. The van der Waals surface area contributed by atoms with E-state index in [0.717, 1.165) is 25.0 Å². The number of fused-ring (bicyclic) bond motifs is 1. The van der Waals surface area contributed by atoms with Gasteiger partial charge in [-0.1, -0.05) is 11.6 Å². The number of thiophene rings is 1. The zero-order valence-corrected chi connectivity index (χ0v) is 22.3. The number of halogens is 1. The van der Waals surface area contributed by atoms with Gasteiger partial charge in [-0.3, -0.25) is 14.5 Å². The van der Waals surface area contributed by atoms with E-state index in [-0.39, 0.29) is 24.4 Å². The number of carbonyl (C=O) groups is 2. The molecule has 4 aliphatic rings. The summed E-state index contributed by atoms with van der Waals surface area (Å²) in [7, 11) is -3.81. The SMILES string of the molecule is CC1CCCN1CC1C2CC2CN1C(=O)CN1CCC[C@H](NS(=O)(=O)/C=C/c2ccc(Cl)s2)C1=O. The summed E-state index contributed by atoms with van der Waals surface area (Å²) in [5.41, 5.74) is 0. The van der Waals surface area contributed by atoms with Gasteiger partial charge in [0.15, 0.2) is 0 Å². The molecule has 0 spiro atoms. The molecule has 5 rings (SSSR count). The first-order chi connectivity index (χ1) is 16.7. The van der Waals surface area contributed by atoms with Crippen LogP contribution in [0.25, 0.3) is 6.08 Å². The van der Waals surface area contributed by atoms with E-state index in [1.807, 2.05) is 4.90 Å². The molecular weight excluding hydrogens is 508 g/mol. The fourth-order valence-corrected chi connectivity index (χ4v) is 7.94. The number of piperidine rings is 2. The fourth-order valence-electron chi connectivity index (χ4n) is 5.87. The Morgan fingerprint density at radius 3 is 2.77 bits per heavy atom. The largest absolute Gasteiger partial charge is 0.336 e. The van der Waals surface area contributed by atoms with Gasteiger partial charge in [0.25, 0.3) is 0 Å². The second-order valence-electron chi connectivity index (χ2n) is 10.3. The first kappa shape index (κ1) is 25.2. The number of hydrogen-bond acceptors (Lipinski definition) is 6. The van der Waals surface area contributed by atoms with Gasteiger partial charge in [0, 0.05) is 42.0 Å². The Bertz CT molecular complexity index is 1110. The van der Waals surface area contributed by atoms with Crippen molar-refractivity contribution in [1.82, 2.24) is 19.4 Å². The Morgan fingerprint density at radius 1 is 1.26 bits per heavy atom. The summed E-state index contributed by atoms with van der Waals surface area (Å²) in [6, 6.07) is 3.38. The van der Waals surface area contributed by atoms with Gasteiger partial charge in [0.05, 0.1) is 10.9 Å². The van der Waals surface area contributed by atoms with Crippen molar-refractivity contribution >= 4 is 50.9 Å². The molecular formula is C24H33ClN4O4S2. The first-order valence-electron chi connectivity index (χ1n) is 12.5. The smallest absolute Gasteiger partial charge is 0.242 e. The molecule has 1 aromatic rings. The van der Waals surface area contributed by atoms with E-state index in [4.69, 9.17) is 11.6 Å². The first-order valence-corrected chi connectivity index (χ1v) is 15.2. The highest BCUT2D eigenvalue weighted by molar-refractivity contribution is 7.92. The predicted molar refractivity (Wildman–Crippen MR) is 137 cm³/mol. The van der Waals surface area contributed by atoms with E-state index in [0.29, 0.717) is 46.5 Å². The average molecular weight is 541 g/mol. The molecule has 1 saturated carbocycles. The van der Waals surface area contributed by atoms with Crippen LogP contribution in [0.15, 0.2) is 17.5 Å². The normalized spacial score (nSPS) is 31.5. The van der Waals surface area contributed by atoms with Crippen molar-refractivity contribution in [2.45, 2.75) is 57.2 Å². The summed E-state index contributed by atoms with van der Waals surface area (Å²) < 4.78 is 28.2. The molecule has 192 valence electrons. The Labute approximate surface area is 216 Å². The van der Waals surface area contributed by atoms with E-state index < -0.39 is 16.1 Å². The van der Waals surface area contributed by atoms with E-state index in [1.165, 1.54) is 41.6 Å². The number of amides is 2. The van der Waals surface area contributed by atoms with Gasteiger partial charge in [-0.25, -0.2) is 8.42 Å². The lowest BCUT2D eigenvalue weighted by Crippen LogP contribution is -2.55. The minimum Gasteiger partial charge on any atom is -0.336 e. The highest BCUT2D eigenvalue weighted by Crippen LogP contribution is 2.50. The lowest BCUT2D eigenvalue weighted by atomic mass is 10.1. The third-order valence-electron chi connectivity index (χ3n) is 7.90. The van der Waals surface area contributed by atoms with Crippen molar-refractivity contribution in [1.29, 1.82) is 0 Å². The van der Waals surface area contributed by atoms with Gasteiger partial charge < -0.3 is 9.80 Å². The molecule has 1 aromatic heterocycles. The molecule has 3 aliphatic heterocycles. The molecule has 0 bridgehead atoms. The zero-order chi connectivity index (χ0) is 24.7. The third-order valence-corrected chi connectivity index (χ3v) is 10.2. The van der Waals surface area contributed by atoms with Crippen LogP contribution in [0, 0.1) is 11.8 Å². The molecule has 1 aliphatic carbocycles. The predicted octanol–water partition coefficient (Wildman–Crippen LogP) is 2.61. The maximum Gasteiger partial charge on any atom is 0.242 e. The molecule has 0 radical (unpaired) electrons. The van der Waals surface area contributed by atoms with E-state index in [1.54, 1.807) is 12.1 Å². The van der Waals surface area contributed by atoms with E-state index >= 15 is 0 Å². The van der Waals surface area contributed by atoms with Gasteiger partial charge in [-0.05, 0) is 75.6 Å². The Hall–Kier alpha value is -1.46. The van der Waals surface area contributed by atoms with Crippen molar-refractivity contribution in [3.05, 3.63) is 26.8 Å². The molecule has 4 heterocycles. The lowest BCUT2D eigenvalue weighted by molar-refractivity contribution is -0.144. The monoisotopic (exact) mass is 540 g/mol. The van der Waals surface area contributed by atoms with Crippen LogP contribution in [0.4, 0.5) is 0 Å². The molecule has 4 fully saturated rings. The van der Waals surface area contributed by atoms with Gasteiger partial charge in [0.1, 0.15) is 6.04 Å². The number of nitrogens with zero attached hydrogens (tertiary/aromatic N) is 3. The topological polar surface area (TPSA) is 90.0 Å². The summed E-state index contributed by atoms with van der Waals surface area (Å²) in [4.78, 5) is 33.1. The van der Waals surface area contributed by atoms with Crippen molar-refractivity contribution in [3.63, 3.8) is 0 Å². The number of rotatable bonds is 8. The molecule has 1 N–H and O–H groups in total. The molecule has 35 heavy (non-hydrogen) atoms. The second-order valence-corrected chi connectivity index (χ2v) is 13.7. The average Bonchev–Trinajstić information content (AvgIpc) is 3.08. The summed E-state index contributed by atoms with van der Waals surface area (Å²) in [6.45, 7) is 5.56. The van der Waals surface area contributed by atoms with Crippen LogP contribution >= 0.6 is 22.9 Å². The van der Waals surface area contributed by atoms with E-state index in [2.05, 4.69) is 16.5 Å². The van der Waals surface area contributed by atoms with Crippen LogP contribution in [0.1, 0.15) is 43.9 Å². The van der Waals surface area contributed by atoms with Crippen molar-refractivity contribution in [2.75, 3.05) is 32.7 Å². The van der Waals surface area contributed by atoms with Gasteiger partial charge >= 0.3 is 0 Å². The third kappa shape index (κ3) is 5.77. The number of carbonyl (C=O) groups excluding carboxylic acids is 2. The Balaban J connectivity index is 1.18. The maximum absolute atomic E-state index is 13.3. The molecule has 8 nitrogen and oxygen atoms in total. The highest BCUT2D eigenvalue weighted by atomic mass is 35.5. The van der Waals surface area contributed by atoms with Gasteiger partial charge in [0.2, 0.25) is 21.8 Å². The second kappa shape index (κ2) is 10.1. The zero-order valence-electron chi connectivity index (χ0n) is 19.9. The number of hydrogen-bond donors (Lipinski definition) is 1. The summed E-state index contributed by atoms with van der Waals surface area (Å²) in [6.07, 6.45) is 6.17. The molecule has 3 saturated heterocycles. The van der Waals surface area contributed by atoms with Gasteiger partial charge in [-0.2, -0.15) is 4.72 Å². The minimum absolute atomic E-state index is 0.0135. The molecule has 4 unspecified atom stereocenters. The van der Waals surface area contributed by atoms with Crippen LogP contribution in [-0.2, 0) is 19.6 Å². The quantitative estimate of drug-likeness (QED) is 0.547. The summed E-state index contributed by atoms with van der Waals surface area (Å²) in [5.74, 6) is 0.854. The maximum atomic E-state index is 13.3. The molecule has 2 amide bonds. The number of likely N-dealkylation sites (tertiary alicyclic amines) is 3. The number of nitrogens with one attached hydrogen (secondary N) is 1. The molecule has 0 aromatic carbocycles. The van der Waals surface area contributed by atoms with Crippen LogP contribution in [0.3, 0.4) is 0 Å². The lowest BCUT2D eigenvalue weighted by Gasteiger charge is -2.36. The molecule has 11 heteroatoms. The minimum atomic E-state index is -3.81. The highest BCUT2D eigenvalue weighted by Gasteiger charge is 2.54. The van der Waals surface area contributed by atoms with Crippen LogP contribution in [-0.4, -0.2) is 85.8 Å². The summed E-state index contributed by atoms with van der Waals surface area (Å²) >= 11 is 7.17. The Kier molecular flexibility index (Phi) is 7.29. The summed E-state index contributed by atoms with van der Waals surface area (Å²) in [5, 5.41) is 1.06. The molecule has 5 atom stereocenters. The van der Waals surface area contributed by atoms with Crippen LogP contribution in [0.2, 0.25) is 4.34 Å². The van der Waals surface area contributed by atoms with Crippen LogP contribution in [0.5, 0.6) is 0 Å².